The van der Waals surface area contributed by atoms with Crippen LogP contribution in [0.4, 0.5) is 11.4 Å². The predicted molar refractivity (Wildman–Crippen MR) is 212 cm³/mol. The van der Waals surface area contributed by atoms with Gasteiger partial charge in [-0.1, -0.05) is 55.1 Å². The largest absolute Gasteiger partial charge is 0.341 e. The highest BCUT2D eigenvalue weighted by Gasteiger charge is 2.17. The first-order chi connectivity index (χ1) is 24.9. The average molecular weight is 687 g/mol. The smallest absolute Gasteiger partial charge is 0.206 e. The molecule has 2 N–H and O–H groups in total. The molecular formula is C42H34N6O2S. The molecule has 9 heteroatoms. The van der Waals surface area contributed by atoms with Gasteiger partial charge in [0.15, 0.2) is 0 Å². The van der Waals surface area contributed by atoms with E-state index < -0.39 is 9.84 Å². The molecule has 8 nitrogen and oxygen atoms in total. The predicted octanol–water partition coefficient (Wildman–Crippen LogP) is 9.75. The number of hydrogen-bond donors (Lipinski definition) is 2. The number of rotatable bonds is 10. The third-order valence-electron chi connectivity index (χ3n) is 9.17. The Labute approximate surface area is 295 Å². The number of nitrogens with one attached hydrogen (secondary N) is 2. The van der Waals surface area contributed by atoms with Gasteiger partial charge < -0.3 is 9.13 Å². The van der Waals surface area contributed by atoms with Crippen LogP contribution >= 0.6 is 0 Å². The van der Waals surface area contributed by atoms with E-state index >= 15 is 0 Å². The second-order valence-electron chi connectivity index (χ2n) is 12.2. The van der Waals surface area contributed by atoms with Crippen molar-refractivity contribution in [3.63, 3.8) is 0 Å². The molecule has 0 amide bonds. The lowest BCUT2D eigenvalue weighted by atomic mass is 10.1. The zero-order valence-electron chi connectivity index (χ0n) is 27.9. The Morgan fingerprint density at radius 1 is 0.588 bits per heavy atom. The Morgan fingerprint density at radius 2 is 1.04 bits per heavy atom. The summed E-state index contributed by atoms with van der Waals surface area (Å²) in [5.74, 6) is 0. The van der Waals surface area contributed by atoms with Crippen molar-refractivity contribution in [3.05, 3.63) is 151 Å². The fourth-order valence-corrected chi connectivity index (χ4v) is 7.97. The molecule has 0 atom stereocenters. The van der Waals surface area contributed by atoms with Crippen LogP contribution in [0, 0.1) is 0 Å². The zero-order chi connectivity index (χ0) is 35.0. The number of nitrogens with zero attached hydrogens (tertiary/aromatic N) is 4. The molecule has 0 radical (unpaired) electrons. The van der Waals surface area contributed by atoms with Gasteiger partial charge in [-0.05, 0) is 103 Å². The van der Waals surface area contributed by atoms with E-state index in [1.807, 2.05) is 30.5 Å². The standard InChI is InChI=1S/C42H34N6O2S/c1-3-47-39-11-7-5-9-35(39)37-25-29(13-23-41(37)47)27-43-45-31-15-19-33(20-16-31)51(49,50)34-21-17-32(18-22-34)46-44-28-30-14-24-42-38(26-30)36-10-6-8-12-40(36)48(42)4-2/h3,5-28,45-46H,1,4H2,2H3/b43-27+,44-28+. The summed E-state index contributed by atoms with van der Waals surface area (Å²) in [6.07, 6.45) is 5.33. The maximum Gasteiger partial charge on any atom is 0.206 e. The van der Waals surface area contributed by atoms with Crippen molar-refractivity contribution < 1.29 is 8.42 Å². The first-order valence-electron chi connectivity index (χ1n) is 16.6. The number of para-hydroxylation sites is 2. The summed E-state index contributed by atoms with van der Waals surface area (Å²) in [5.41, 5.74) is 13.8. The van der Waals surface area contributed by atoms with Crippen LogP contribution < -0.4 is 10.9 Å². The van der Waals surface area contributed by atoms with Gasteiger partial charge in [0.1, 0.15) is 0 Å². The topological polar surface area (TPSA) is 92.8 Å². The summed E-state index contributed by atoms with van der Waals surface area (Å²) < 4.78 is 31.2. The summed E-state index contributed by atoms with van der Waals surface area (Å²) in [5, 5.41) is 13.5. The highest BCUT2D eigenvalue weighted by Crippen LogP contribution is 2.31. The van der Waals surface area contributed by atoms with Crippen LogP contribution in [0.1, 0.15) is 18.1 Å². The molecule has 2 heterocycles. The van der Waals surface area contributed by atoms with Crippen LogP contribution in [0.5, 0.6) is 0 Å². The highest BCUT2D eigenvalue weighted by atomic mass is 32.2. The van der Waals surface area contributed by atoms with Crippen LogP contribution in [0.25, 0.3) is 49.8 Å². The quantitative estimate of drug-likeness (QED) is 0.111. The van der Waals surface area contributed by atoms with Gasteiger partial charge in [0.25, 0.3) is 0 Å². The molecule has 0 fully saturated rings. The van der Waals surface area contributed by atoms with Crippen molar-refractivity contribution in [2.24, 2.45) is 10.2 Å². The summed E-state index contributed by atoms with van der Waals surface area (Å²) in [6.45, 7) is 7.01. The van der Waals surface area contributed by atoms with E-state index in [1.165, 1.54) is 21.8 Å². The molecule has 0 aliphatic heterocycles. The molecule has 6 aromatic carbocycles. The minimum atomic E-state index is -3.72. The van der Waals surface area contributed by atoms with E-state index in [1.54, 1.807) is 61.0 Å². The van der Waals surface area contributed by atoms with Crippen molar-refractivity contribution in [2.45, 2.75) is 23.3 Å². The first kappa shape index (κ1) is 31.8. The van der Waals surface area contributed by atoms with E-state index in [-0.39, 0.29) is 9.79 Å². The van der Waals surface area contributed by atoms with Gasteiger partial charge in [-0.3, -0.25) is 10.9 Å². The molecule has 8 aromatic rings. The van der Waals surface area contributed by atoms with Crippen LogP contribution in [-0.2, 0) is 16.4 Å². The number of anilines is 2. The van der Waals surface area contributed by atoms with Crippen molar-refractivity contribution in [1.29, 1.82) is 0 Å². The second kappa shape index (κ2) is 13.1. The third-order valence-corrected chi connectivity index (χ3v) is 11.0. The van der Waals surface area contributed by atoms with Crippen molar-refractivity contribution >= 4 is 83.5 Å². The Balaban J connectivity index is 0.917. The number of aryl methyl sites for hydroxylation is 1. The fraction of sp³-hybridized carbons (Fsp3) is 0.0476. The molecule has 0 saturated heterocycles. The molecule has 0 unspecified atom stereocenters. The monoisotopic (exact) mass is 686 g/mol. The maximum absolute atomic E-state index is 13.4. The summed E-state index contributed by atoms with van der Waals surface area (Å²) in [7, 11) is -3.72. The van der Waals surface area contributed by atoms with Gasteiger partial charge in [-0.2, -0.15) is 10.2 Å². The van der Waals surface area contributed by atoms with Gasteiger partial charge in [-0.25, -0.2) is 8.42 Å². The van der Waals surface area contributed by atoms with E-state index in [0.29, 0.717) is 11.4 Å². The Bertz CT molecular complexity index is 2760. The SMILES string of the molecule is C=Cn1c2ccccc2c2cc(/C=N/Nc3ccc(S(=O)(=O)c4ccc(N/N=C/c5ccc6c(c5)c5ccccc5n6CC)cc4)cc3)ccc21. The minimum absolute atomic E-state index is 0.194. The molecule has 0 aliphatic carbocycles. The maximum atomic E-state index is 13.4. The van der Waals surface area contributed by atoms with Crippen molar-refractivity contribution in [2.75, 3.05) is 10.9 Å². The third kappa shape index (κ3) is 5.83. The van der Waals surface area contributed by atoms with Crippen LogP contribution in [0.2, 0.25) is 0 Å². The molecule has 0 bridgehead atoms. The molecule has 0 saturated carbocycles. The first-order valence-corrected chi connectivity index (χ1v) is 18.1. The number of hydrogen-bond acceptors (Lipinski definition) is 6. The Morgan fingerprint density at radius 3 is 1.59 bits per heavy atom. The molecule has 8 rings (SSSR count). The van der Waals surface area contributed by atoms with Crippen molar-refractivity contribution in [3.8, 4) is 0 Å². The van der Waals surface area contributed by atoms with Crippen LogP contribution in [0.15, 0.2) is 160 Å². The van der Waals surface area contributed by atoms with Gasteiger partial charge in [0, 0.05) is 45.3 Å². The molecule has 250 valence electrons. The Kier molecular flexibility index (Phi) is 8.17. The van der Waals surface area contributed by atoms with Gasteiger partial charge >= 0.3 is 0 Å². The van der Waals surface area contributed by atoms with E-state index in [4.69, 9.17) is 0 Å². The van der Waals surface area contributed by atoms with Crippen LogP contribution in [0.3, 0.4) is 0 Å². The highest BCUT2D eigenvalue weighted by molar-refractivity contribution is 7.91. The van der Waals surface area contributed by atoms with E-state index in [2.05, 4.69) is 104 Å². The number of benzene rings is 6. The van der Waals surface area contributed by atoms with Gasteiger partial charge in [0.2, 0.25) is 9.84 Å². The fourth-order valence-electron chi connectivity index (χ4n) is 6.71. The zero-order valence-corrected chi connectivity index (χ0v) is 28.7. The summed E-state index contributed by atoms with van der Waals surface area (Å²) in [6, 6.07) is 42.3. The lowest BCUT2D eigenvalue weighted by molar-refractivity contribution is 0.596. The molecule has 2 aromatic heterocycles. The lowest BCUT2D eigenvalue weighted by Gasteiger charge is -2.07. The Hall–Kier alpha value is -6.45. The number of aromatic nitrogens is 2. The molecule has 0 aliphatic rings. The molecule has 0 spiro atoms. The summed E-state index contributed by atoms with van der Waals surface area (Å²) in [4.78, 5) is 0.390. The van der Waals surface area contributed by atoms with Gasteiger partial charge in [-0.15, -0.1) is 0 Å². The average Bonchev–Trinajstić information content (AvgIpc) is 3.66. The van der Waals surface area contributed by atoms with E-state index in [9.17, 15) is 8.42 Å². The second-order valence-corrected chi connectivity index (χ2v) is 14.1. The van der Waals surface area contributed by atoms with Gasteiger partial charge in [0.05, 0.1) is 44.6 Å². The number of sulfone groups is 1. The lowest BCUT2D eigenvalue weighted by Crippen LogP contribution is -2.02. The normalized spacial score (nSPS) is 12.2. The molecule has 51 heavy (non-hydrogen) atoms. The van der Waals surface area contributed by atoms with Crippen molar-refractivity contribution in [1.82, 2.24) is 9.13 Å². The molecular weight excluding hydrogens is 653 g/mol. The minimum Gasteiger partial charge on any atom is -0.341 e. The number of hydrazone groups is 2. The summed E-state index contributed by atoms with van der Waals surface area (Å²) >= 11 is 0. The van der Waals surface area contributed by atoms with E-state index in [0.717, 1.165) is 39.5 Å². The number of fused-ring (bicyclic) bond motifs is 6. The van der Waals surface area contributed by atoms with Crippen LogP contribution in [-0.4, -0.2) is 30.0 Å².